The fourth-order valence-corrected chi connectivity index (χ4v) is 1.35. The predicted molar refractivity (Wildman–Crippen MR) is 55.3 cm³/mol. The van der Waals surface area contributed by atoms with E-state index in [9.17, 15) is 13.8 Å². The van der Waals surface area contributed by atoms with Gasteiger partial charge in [0.25, 0.3) is 0 Å². The summed E-state index contributed by atoms with van der Waals surface area (Å²) in [5, 5.41) is 0.813. The van der Waals surface area contributed by atoms with E-state index < -0.39 is 22.7 Å². The van der Waals surface area contributed by atoms with Gasteiger partial charge in [0.15, 0.2) is 0 Å². The number of nitrogens with zero attached hydrogens (tertiary/aromatic N) is 2. The summed E-state index contributed by atoms with van der Waals surface area (Å²) in [6, 6.07) is -0.763. The number of hydrogen-bond donors (Lipinski definition) is 0. The van der Waals surface area contributed by atoms with Gasteiger partial charge in [-0.2, -0.15) is 10.6 Å². The molecule has 6 nitrogen and oxygen atoms in total. The molecule has 0 aromatic carbocycles. The van der Waals surface area contributed by atoms with Crippen molar-refractivity contribution in [2.45, 2.75) is 19.9 Å². The lowest BCUT2D eigenvalue weighted by molar-refractivity contribution is -0.113. The molecule has 0 aromatic rings. The third-order valence-corrected chi connectivity index (χ3v) is 2.08. The van der Waals surface area contributed by atoms with Gasteiger partial charge < -0.3 is 13.7 Å². The van der Waals surface area contributed by atoms with Crippen molar-refractivity contribution >= 4 is 23.0 Å². The number of carbonyl (C=O) groups excluding carboxylic acids is 2. The van der Waals surface area contributed by atoms with Gasteiger partial charge in [0.05, 0.1) is 7.11 Å². The molecule has 0 saturated carbocycles. The maximum atomic E-state index is 11.3. The average Bonchev–Trinajstić information content (AvgIpc) is 2.15. The van der Waals surface area contributed by atoms with Crippen LogP contribution in [0.1, 0.15) is 13.8 Å². The number of hydrogen-bond acceptors (Lipinski definition) is 6. The molecule has 0 aliphatic carbocycles. The molecule has 0 fully saturated rings. The summed E-state index contributed by atoms with van der Waals surface area (Å²) in [5.74, 6) is -0.131. The van der Waals surface area contributed by atoms with Crippen molar-refractivity contribution < 1.29 is 18.5 Å². The lowest BCUT2D eigenvalue weighted by atomic mass is 10.1. The first-order valence-corrected chi connectivity index (χ1v) is 5.83. The summed E-state index contributed by atoms with van der Waals surface area (Å²) in [7, 11) is -0.393. The molecule has 0 aromatic heterocycles. The van der Waals surface area contributed by atoms with Crippen LogP contribution >= 0.6 is 0 Å². The number of amides is 1. The summed E-state index contributed by atoms with van der Waals surface area (Å²) in [6.45, 7) is 3.51. The quantitative estimate of drug-likeness (QED) is 0.413. The monoisotopic (exact) mass is 235 g/mol. The molecule has 1 unspecified atom stereocenters. The molecular weight excluding hydrogens is 220 g/mol. The molecule has 0 radical (unpaired) electrons. The smallest absolute Gasteiger partial charge is 0.428 e. The normalized spacial score (nSPS) is 14.7. The molecule has 0 aliphatic rings. The lowest BCUT2D eigenvalue weighted by Crippen LogP contribution is -2.40. The lowest BCUT2D eigenvalue weighted by Gasteiger charge is -2.26. The van der Waals surface area contributed by atoms with E-state index in [-0.39, 0.29) is 5.92 Å². The molecule has 0 rings (SSSR count). The van der Waals surface area contributed by atoms with Gasteiger partial charge in [-0.3, -0.25) is 4.47 Å². The highest BCUT2D eigenvalue weighted by Gasteiger charge is 2.25. The van der Waals surface area contributed by atoms with Crippen LogP contribution in [0.2, 0.25) is 0 Å². The van der Waals surface area contributed by atoms with Crippen LogP contribution in [0.15, 0.2) is 4.47 Å². The van der Waals surface area contributed by atoms with Gasteiger partial charge in [0.2, 0.25) is 0 Å². The average molecular weight is 235 g/mol. The van der Waals surface area contributed by atoms with E-state index in [1.165, 1.54) is 13.4 Å². The summed E-state index contributed by atoms with van der Waals surface area (Å²) in [4.78, 5) is 22.1. The Morgan fingerprint density at radius 1 is 1.53 bits per heavy atom. The molecule has 0 heterocycles. The van der Waals surface area contributed by atoms with Gasteiger partial charge in [-0.05, 0) is 5.92 Å². The van der Waals surface area contributed by atoms with E-state index in [0.29, 0.717) is 6.29 Å². The third kappa shape index (κ3) is 4.28. The summed E-state index contributed by atoms with van der Waals surface area (Å²) in [6.07, 6.45) is 1.09. The highest BCUT2D eigenvalue weighted by Crippen LogP contribution is 2.10. The zero-order valence-corrected chi connectivity index (χ0v) is 9.98. The van der Waals surface area contributed by atoms with E-state index in [2.05, 4.69) is 9.21 Å². The van der Waals surface area contributed by atoms with E-state index in [1.54, 1.807) is 13.8 Å². The zero-order chi connectivity index (χ0) is 12.0. The molecule has 15 heavy (non-hydrogen) atoms. The Bertz CT molecular complexity index is 310. The molecule has 1 amide bonds. The molecule has 0 N–H and O–H groups in total. The van der Waals surface area contributed by atoms with E-state index in [1.807, 2.05) is 0 Å². The van der Waals surface area contributed by atoms with Gasteiger partial charge in [-0.15, -0.1) is 6.26 Å². The summed E-state index contributed by atoms with van der Waals surface area (Å²) >= 11 is 0. The van der Waals surface area contributed by atoms with Gasteiger partial charge in [-0.1, -0.05) is 13.8 Å². The highest BCUT2D eigenvalue weighted by atomic mass is 32.2. The largest absolute Gasteiger partial charge is 0.452 e. The fraction of sp³-hybridized carbons (Fsp3) is 0.750. The summed E-state index contributed by atoms with van der Waals surface area (Å²) in [5.41, 5.74) is 0. The van der Waals surface area contributed by atoms with Crippen LogP contribution in [0.3, 0.4) is 0 Å². The molecule has 7 heteroatoms. The third-order valence-electron chi connectivity index (χ3n) is 1.67. The minimum atomic E-state index is -1.57. The Morgan fingerprint density at radius 3 is 2.33 bits per heavy atom. The minimum absolute atomic E-state index is 0.131. The standard InChI is InChI=1S/C8H15N2O4S/c1-6(2)7(5-11)10(8(12)14-3)9-15(4)13/h5-7H,1-4H3/q-1. The van der Waals surface area contributed by atoms with Crippen molar-refractivity contribution in [1.29, 1.82) is 0 Å². The van der Waals surface area contributed by atoms with Crippen LogP contribution in [0.4, 0.5) is 4.79 Å². The van der Waals surface area contributed by atoms with Crippen molar-refractivity contribution in [3.05, 3.63) is 0 Å². The number of carbonyl (C=O) groups is 2. The molecule has 88 valence electrons. The van der Waals surface area contributed by atoms with Crippen molar-refractivity contribution in [3.8, 4) is 0 Å². The SMILES string of the molecule is COC(=O)N(N=[S-](C)=O)C(C=O)C(C)C. The number of rotatable bonds is 4. The first-order chi connectivity index (χ1) is 6.93. The Balaban J connectivity index is 5.07. The second-order valence-corrected chi connectivity index (χ2v) is 4.20. The van der Waals surface area contributed by atoms with Gasteiger partial charge >= 0.3 is 6.09 Å². The first-order valence-electron chi connectivity index (χ1n) is 4.31. The molecule has 1 atom stereocenters. The fourth-order valence-electron chi connectivity index (χ4n) is 0.924. The molecule has 0 bridgehead atoms. The Hall–Kier alpha value is -1.11. The first kappa shape index (κ1) is 13.9. The van der Waals surface area contributed by atoms with Gasteiger partial charge in [-0.25, -0.2) is 9.80 Å². The van der Waals surface area contributed by atoms with Crippen molar-refractivity contribution in [1.82, 2.24) is 5.01 Å². The van der Waals surface area contributed by atoms with Gasteiger partial charge in [0.1, 0.15) is 12.3 Å². The van der Waals surface area contributed by atoms with Crippen LogP contribution < -0.4 is 0 Å². The maximum absolute atomic E-state index is 11.3. The van der Waals surface area contributed by atoms with Gasteiger partial charge in [0, 0.05) is 0 Å². The second kappa shape index (κ2) is 6.39. The van der Waals surface area contributed by atoms with Crippen LogP contribution in [0, 0.1) is 5.92 Å². The molecule has 0 saturated heterocycles. The highest BCUT2D eigenvalue weighted by molar-refractivity contribution is 7.73. The molecule has 0 aliphatic heterocycles. The second-order valence-electron chi connectivity index (χ2n) is 3.19. The Kier molecular flexibility index (Phi) is 5.92. The molecule has 0 spiro atoms. The van der Waals surface area contributed by atoms with Crippen LogP contribution in [0.5, 0.6) is 0 Å². The zero-order valence-electron chi connectivity index (χ0n) is 9.17. The van der Waals surface area contributed by atoms with Crippen LogP contribution in [-0.4, -0.2) is 36.8 Å². The Morgan fingerprint density at radius 2 is 2.07 bits per heavy atom. The summed E-state index contributed by atoms with van der Waals surface area (Å²) < 4.78 is 18.9. The minimum Gasteiger partial charge on any atom is -0.452 e. The topological polar surface area (TPSA) is 76.0 Å². The van der Waals surface area contributed by atoms with Crippen molar-refractivity contribution in [2.24, 2.45) is 10.4 Å². The number of methoxy groups -OCH3 is 1. The maximum Gasteiger partial charge on any atom is 0.428 e. The van der Waals surface area contributed by atoms with Crippen LogP contribution in [-0.2, 0) is 24.3 Å². The number of ether oxygens (including phenoxy) is 1. The van der Waals surface area contributed by atoms with E-state index in [4.69, 9.17) is 0 Å². The van der Waals surface area contributed by atoms with E-state index in [0.717, 1.165) is 5.01 Å². The Labute approximate surface area is 90.8 Å². The molecular formula is C8H15N2O4S-. The predicted octanol–water partition coefficient (Wildman–Crippen LogP) is 0.970. The van der Waals surface area contributed by atoms with E-state index >= 15 is 0 Å². The number of aldehydes is 1. The van der Waals surface area contributed by atoms with Crippen LogP contribution in [0.25, 0.3) is 0 Å². The van der Waals surface area contributed by atoms with Crippen molar-refractivity contribution in [2.75, 3.05) is 13.4 Å². The van der Waals surface area contributed by atoms with Crippen molar-refractivity contribution in [3.63, 3.8) is 0 Å².